The van der Waals surface area contributed by atoms with E-state index in [2.05, 4.69) is 63.5 Å². The predicted octanol–water partition coefficient (Wildman–Crippen LogP) is 5.61. The molecule has 3 aromatic heterocycles. The van der Waals surface area contributed by atoms with Crippen LogP contribution >= 0.6 is 0 Å². The van der Waals surface area contributed by atoms with Gasteiger partial charge in [0.05, 0.1) is 35.8 Å². The quantitative estimate of drug-likeness (QED) is 0.266. The number of ether oxygens (including phenoxy) is 1. The van der Waals surface area contributed by atoms with Crippen LogP contribution in [0.5, 0.6) is 0 Å². The second-order valence-corrected chi connectivity index (χ2v) is 10.4. The maximum absolute atomic E-state index is 13.4. The highest BCUT2D eigenvalue weighted by atomic mass is 16.5. The van der Waals surface area contributed by atoms with Crippen molar-refractivity contribution in [1.82, 2.24) is 25.1 Å². The Kier molecular flexibility index (Phi) is 6.66. The highest BCUT2D eigenvalue weighted by molar-refractivity contribution is 6.09. The van der Waals surface area contributed by atoms with Crippen LogP contribution in [-0.4, -0.2) is 56.8 Å². The summed E-state index contributed by atoms with van der Waals surface area (Å²) >= 11 is 0. The third kappa shape index (κ3) is 5.05. The number of morpholine rings is 1. The third-order valence-corrected chi connectivity index (χ3v) is 7.10. The summed E-state index contributed by atoms with van der Waals surface area (Å²) in [5.41, 5.74) is 5.96. The number of benzene rings is 2. The van der Waals surface area contributed by atoms with Gasteiger partial charge in [-0.2, -0.15) is 5.10 Å². The number of carbonyl (C=O) groups is 1. The Balaban J connectivity index is 1.23. The van der Waals surface area contributed by atoms with Gasteiger partial charge in [0.2, 0.25) is 0 Å². The number of hydrogen-bond donors (Lipinski definition) is 3. The average Bonchev–Trinajstić information content (AvgIpc) is 3.58. The van der Waals surface area contributed by atoms with Crippen molar-refractivity contribution in [2.24, 2.45) is 5.92 Å². The van der Waals surface area contributed by atoms with Crippen LogP contribution in [0.2, 0.25) is 0 Å². The molecule has 2 aromatic carbocycles. The Hall–Kier alpha value is -4.01. The number of amides is 1. The van der Waals surface area contributed by atoms with Gasteiger partial charge in [-0.25, -0.2) is 4.98 Å². The Morgan fingerprint density at radius 1 is 1.13 bits per heavy atom. The summed E-state index contributed by atoms with van der Waals surface area (Å²) in [6.45, 7) is 7.62. The number of H-pyrrole nitrogens is 2. The normalized spacial score (nSPS) is 16.4. The molecular weight excluding hydrogens is 476 g/mol. The van der Waals surface area contributed by atoms with E-state index in [1.165, 1.54) is 0 Å². The van der Waals surface area contributed by atoms with Crippen molar-refractivity contribution in [1.29, 1.82) is 0 Å². The van der Waals surface area contributed by atoms with Gasteiger partial charge >= 0.3 is 0 Å². The van der Waals surface area contributed by atoms with E-state index in [4.69, 9.17) is 9.72 Å². The Labute approximate surface area is 221 Å². The Morgan fingerprint density at radius 3 is 2.92 bits per heavy atom. The van der Waals surface area contributed by atoms with E-state index in [1.54, 1.807) is 12.3 Å². The van der Waals surface area contributed by atoms with E-state index in [1.807, 2.05) is 30.5 Å². The summed E-state index contributed by atoms with van der Waals surface area (Å²) in [4.78, 5) is 23.7. The highest BCUT2D eigenvalue weighted by Crippen LogP contribution is 2.34. The molecule has 4 heterocycles. The van der Waals surface area contributed by atoms with Gasteiger partial charge < -0.3 is 15.0 Å². The lowest BCUT2D eigenvalue weighted by molar-refractivity contribution is -0.0403. The number of hydrogen-bond acceptors (Lipinski definition) is 5. The smallest absolute Gasteiger partial charge is 0.274 e. The number of rotatable bonds is 7. The predicted molar refractivity (Wildman–Crippen MR) is 150 cm³/mol. The molecule has 0 aliphatic carbocycles. The third-order valence-electron chi connectivity index (χ3n) is 7.10. The fourth-order valence-electron chi connectivity index (χ4n) is 5.35. The lowest BCUT2D eigenvalue weighted by Crippen LogP contribution is -2.42. The summed E-state index contributed by atoms with van der Waals surface area (Å²) in [7, 11) is 0. The molecular formula is C30H32N6O2. The van der Waals surface area contributed by atoms with Crippen molar-refractivity contribution in [3.05, 3.63) is 78.4 Å². The fraction of sp³-hybridized carbons (Fsp3) is 0.300. The summed E-state index contributed by atoms with van der Waals surface area (Å²) in [6, 6.07) is 17.9. The van der Waals surface area contributed by atoms with Gasteiger partial charge in [0.15, 0.2) is 0 Å². The molecule has 0 bridgehead atoms. The first-order chi connectivity index (χ1) is 18.5. The van der Waals surface area contributed by atoms with E-state index in [-0.39, 0.29) is 12.0 Å². The van der Waals surface area contributed by atoms with Gasteiger partial charge in [0.1, 0.15) is 5.69 Å². The maximum atomic E-state index is 13.4. The average molecular weight is 509 g/mol. The SMILES string of the molecule is CC(C)CC1CN(Cc2cccc(C(=O)Nc3cc(-c4cccc5[nH]ccc45)cc4[nH]ncc34)n2)CCO1. The first-order valence-corrected chi connectivity index (χ1v) is 13.2. The molecule has 38 heavy (non-hydrogen) atoms. The zero-order chi connectivity index (χ0) is 26.1. The van der Waals surface area contributed by atoms with Crippen molar-refractivity contribution in [2.45, 2.75) is 32.9 Å². The standard InChI is InChI=1S/C30H32N6O2/c1-19(2)13-22-18-36(11-12-38-22)17-21-5-3-8-27(33-21)30(37)34-28-14-20(15-29-25(28)16-32-35-29)23-6-4-7-26-24(23)9-10-31-26/h3-10,14-16,19,22,31H,11-13,17-18H2,1-2H3,(H,32,35)(H,34,37). The van der Waals surface area contributed by atoms with Crippen molar-refractivity contribution < 1.29 is 9.53 Å². The molecule has 5 aromatic rings. The minimum absolute atomic E-state index is 0.244. The van der Waals surface area contributed by atoms with Crippen LogP contribution in [0.4, 0.5) is 5.69 Å². The second kappa shape index (κ2) is 10.4. The van der Waals surface area contributed by atoms with E-state index in [0.29, 0.717) is 23.8 Å². The van der Waals surface area contributed by atoms with Crippen LogP contribution in [0.15, 0.2) is 67.0 Å². The maximum Gasteiger partial charge on any atom is 0.274 e. The minimum atomic E-state index is -0.244. The number of nitrogens with zero attached hydrogens (tertiary/aromatic N) is 3. The molecule has 8 nitrogen and oxygen atoms in total. The summed E-state index contributed by atoms with van der Waals surface area (Å²) in [6.07, 6.45) is 4.97. The number of fused-ring (bicyclic) bond motifs is 2. The molecule has 0 radical (unpaired) electrons. The molecule has 8 heteroatoms. The molecule has 0 saturated carbocycles. The Morgan fingerprint density at radius 2 is 2.03 bits per heavy atom. The molecule has 1 amide bonds. The summed E-state index contributed by atoms with van der Waals surface area (Å²) in [5, 5.41) is 12.3. The minimum Gasteiger partial charge on any atom is -0.376 e. The van der Waals surface area contributed by atoms with E-state index in [9.17, 15) is 4.79 Å². The number of anilines is 1. The van der Waals surface area contributed by atoms with Crippen LogP contribution in [0.1, 0.15) is 36.5 Å². The van der Waals surface area contributed by atoms with Crippen molar-refractivity contribution >= 4 is 33.4 Å². The lowest BCUT2D eigenvalue weighted by atomic mass is 9.99. The number of nitrogens with one attached hydrogen (secondary N) is 3. The van der Waals surface area contributed by atoms with Crippen LogP contribution in [0, 0.1) is 5.92 Å². The zero-order valence-corrected chi connectivity index (χ0v) is 21.7. The zero-order valence-electron chi connectivity index (χ0n) is 21.7. The fourth-order valence-corrected chi connectivity index (χ4v) is 5.35. The second-order valence-electron chi connectivity index (χ2n) is 10.4. The molecule has 194 valence electrons. The van der Waals surface area contributed by atoms with Crippen LogP contribution in [0.25, 0.3) is 32.9 Å². The summed E-state index contributed by atoms with van der Waals surface area (Å²) in [5.74, 6) is 0.354. The molecule has 1 saturated heterocycles. The van der Waals surface area contributed by atoms with Gasteiger partial charge in [-0.3, -0.25) is 14.8 Å². The van der Waals surface area contributed by atoms with Crippen molar-refractivity contribution in [3.8, 4) is 11.1 Å². The molecule has 3 N–H and O–H groups in total. The largest absolute Gasteiger partial charge is 0.376 e. The molecule has 6 rings (SSSR count). The number of aromatic nitrogens is 4. The molecule has 1 aliphatic heterocycles. The number of aromatic amines is 2. The van der Waals surface area contributed by atoms with Gasteiger partial charge in [-0.1, -0.05) is 32.0 Å². The van der Waals surface area contributed by atoms with E-state index in [0.717, 1.165) is 64.7 Å². The van der Waals surface area contributed by atoms with Crippen LogP contribution < -0.4 is 5.32 Å². The first-order valence-electron chi connectivity index (χ1n) is 13.2. The van der Waals surface area contributed by atoms with E-state index < -0.39 is 0 Å². The van der Waals surface area contributed by atoms with Crippen molar-refractivity contribution in [2.75, 3.05) is 25.0 Å². The van der Waals surface area contributed by atoms with Gasteiger partial charge in [-0.05, 0) is 59.9 Å². The molecule has 1 atom stereocenters. The molecule has 1 aliphatic rings. The van der Waals surface area contributed by atoms with Crippen molar-refractivity contribution in [3.63, 3.8) is 0 Å². The highest BCUT2D eigenvalue weighted by Gasteiger charge is 2.22. The molecule has 0 spiro atoms. The van der Waals surface area contributed by atoms with Gasteiger partial charge in [0, 0.05) is 42.1 Å². The topological polar surface area (TPSA) is 98.9 Å². The monoisotopic (exact) mass is 508 g/mol. The number of pyridine rings is 1. The van der Waals surface area contributed by atoms with Crippen LogP contribution in [0.3, 0.4) is 0 Å². The van der Waals surface area contributed by atoms with Crippen LogP contribution in [-0.2, 0) is 11.3 Å². The lowest BCUT2D eigenvalue weighted by Gasteiger charge is -2.33. The van der Waals surface area contributed by atoms with E-state index >= 15 is 0 Å². The molecule has 1 unspecified atom stereocenters. The van der Waals surface area contributed by atoms with Gasteiger partial charge in [-0.15, -0.1) is 0 Å². The Bertz CT molecular complexity index is 1590. The summed E-state index contributed by atoms with van der Waals surface area (Å²) < 4.78 is 5.94. The number of carbonyl (C=O) groups excluding carboxylic acids is 1. The van der Waals surface area contributed by atoms with Gasteiger partial charge in [0.25, 0.3) is 5.91 Å². The molecule has 1 fully saturated rings. The first kappa shape index (κ1) is 24.3.